The zero-order chi connectivity index (χ0) is 19.6. The number of thiophene rings is 1. The number of carbonyl (C=O) groups is 1. The van der Waals surface area contributed by atoms with E-state index in [0.717, 1.165) is 16.0 Å². The summed E-state index contributed by atoms with van der Waals surface area (Å²) in [5.74, 6) is 1.33. The molecule has 0 bridgehead atoms. The van der Waals surface area contributed by atoms with Gasteiger partial charge in [-0.05, 0) is 55.5 Å². The minimum atomic E-state index is -0.658. The topological polar surface area (TPSA) is 68.5 Å². The van der Waals surface area contributed by atoms with E-state index in [-0.39, 0.29) is 12.5 Å². The number of amides is 1. The summed E-state index contributed by atoms with van der Waals surface area (Å²) in [6.07, 6.45) is -0.658. The van der Waals surface area contributed by atoms with E-state index < -0.39 is 6.10 Å². The summed E-state index contributed by atoms with van der Waals surface area (Å²) in [7, 11) is 1.68. The summed E-state index contributed by atoms with van der Waals surface area (Å²) < 4.78 is 11.0. The van der Waals surface area contributed by atoms with Gasteiger partial charge in [-0.25, -0.2) is 0 Å². The molecule has 8 heteroatoms. The summed E-state index contributed by atoms with van der Waals surface area (Å²) >= 11 is 7.70. The standard InChI is InChI=1S/C19H20ClN3O3S/c1-11-8-14(9-12(2)17(11)20)25-13(3)19(24)23(4)10-16-21-18(22-26-16)15-6-5-7-27-15/h5-9,13H,10H2,1-4H3/t13-/m1/s1. The fraction of sp³-hybridized carbons (Fsp3) is 0.316. The Morgan fingerprint density at radius 1 is 1.37 bits per heavy atom. The fourth-order valence-electron chi connectivity index (χ4n) is 2.64. The maximum atomic E-state index is 12.6. The summed E-state index contributed by atoms with van der Waals surface area (Å²) in [6.45, 7) is 5.73. The van der Waals surface area contributed by atoms with E-state index >= 15 is 0 Å². The molecule has 3 rings (SSSR count). The molecule has 0 fully saturated rings. The van der Waals surface area contributed by atoms with Crippen LogP contribution in [0.25, 0.3) is 10.7 Å². The third-order valence-corrected chi connectivity index (χ3v) is 5.49. The number of hydrogen-bond acceptors (Lipinski definition) is 6. The molecule has 2 heterocycles. The van der Waals surface area contributed by atoms with E-state index in [1.807, 2.05) is 43.5 Å². The van der Waals surface area contributed by atoms with Crippen molar-refractivity contribution in [1.82, 2.24) is 15.0 Å². The highest BCUT2D eigenvalue weighted by molar-refractivity contribution is 7.13. The first-order chi connectivity index (χ1) is 12.8. The van der Waals surface area contributed by atoms with Crippen molar-refractivity contribution in [2.75, 3.05) is 7.05 Å². The predicted octanol–water partition coefficient (Wildman–Crippen LogP) is 4.49. The molecule has 1 aromatic carbocycles. The molecule has 0 unspecified atom stereocenters. The molecular formula is C19H20ClN3O3S. The molecule has 0 spiro atoms. The monoisotopic (exact) mass is 405 g/mol. The molecule has 2 aromatic heterocycles. The minimum absolute atomic E-state index is 0.184. The molecule has 0 aliphatic carbocycles. The SMILES string of the molecule is Cc1cc(O[C@H](C)C(=O)N(C)Cc2nc(-c3cccs3)no2)cc(C)c1Cl. The molecule has 0 aliphatic heterocycles. The molecular weight excluding hydrogens is 386 g/mol. The summed E-state index contributed by atoms with van der Waals surface area (Å²) in [5.41, 5.74) is 1.82. The van der Waals surface area contributed by atoms with Gasteiger partial charge in [0.1, 0.15) is 5.75 Å². The second-order valence-corrected chi connectivity index (χ2v) is 7.64. The number of halogens is 1. The smallest absolute Gasteiger partial charge is 0.263 e. The largest absolute Gasteiger partial charge is 0.481 e. The second-order valence-electron chi connectivity index (χ2n) is 6.31. The zero-order valence-electron chi connectivity index (χ0n) is 15.5. The molecule has 3 aromatic rings. The maximum absolute atomic E-state index is 12.6. The van der Waals surface area contributed by atoms with Crippen molar-refractivity contribution in [2.45, 2.75) is 33.4 Å². The van der Waals surface area contributed by atoms with E-state index in [2.05, 4.69) is 10.1 Å². The average molecular weight is 406 g/mol. The Morgan fingerprint density at radius 3 is 2.70 bits per heavy atom. The van der Waals surface area contributed by atoms with Gasteiger partial charge in [0.05, 0.1) is 11.4 Å². The van der Waals surface area contributed by atoms with Crippen LogP contribution in [0.15, 0.2) is 34.2 Å². The van der Waals surface area contributed by atoms with Crippen molar-refractivity contribution in [1.29, 1.82) is 0 Å². The molecule has 0 saturated carbocycles. The van der Waals surface area contributed by atoms with E-state index in [9.17, 15) is 4.79 Å². The van der Waals surface area contributed by atoms with Crippen LogP contribution in [0.3, 0.4) is 0 Å². The lowest BCUT2D eigenvalue weighted by molar-refractivity contribution is -0.137. The third-order valence-electron chi connectivity index (χ3n) is 4.03. The average Bonchev–Trinajstić information content (AvgIpc) is 3.30. The van der Waals surface area contributed by atoms with Gasteiger partial charge < -0.3 is 14.2 Å². The van der Waals surface area contributed by atoms with Crippen molar-refractivity contribution in [2.24, 2.45) is 0 Å². The van der Waals surface area contributed by atoms with Gasteiger partial charge >= 0.3 is 0 Å². The highest BCUT2D eigenvalue weighted by Gasteiger charge is 2.22. The van der Waals surface area contributed by atoms with Crippen LogP contribution in [0.1, 0.15) is 23.9 Å². The first-order valence-electron chi connectivity index (χ1n) is 8.40. The predicted molar refractivity (Wildman–Crippen MR) is 105 cm³/mol. The van der Waals surface area contributed by atoms with Crippen molar-refractivity contribution >= 4 is 28.8 Å². The van der Waals surface area contributed by atoms with Crippen LogP contribution in [0.4, 0.5) is 0 Å². The number of carbonyl (C=O) groups excluding carboxylic acids is 1. The molecule has 0 saturated heterocycles. The molecule has 142 valence electrons. The van der Waals surface area contributed by atoms with Crippen molar-refractivity contribution in [3.63, 3.8) is 0 Å². The first-order valence-corrected chi connectivity index (χ1v) is 9.65. The zero-order valence-corrected chi connectivity index (χ0v) is 17.1. The van der Waals surface area contributed by atoms with Crippen LogP contribution in [-0.2, 0) is 11.3 Å². The van der Waals surface area contributed by atoms with Gasteiger partial charge in [-0.15, -0.1) is 11.3 Å². The summed E-state index contributed by atoms with van der Waals surface area (Å²) in [5, 5.41) is 6.60. The van der Waals surface area contributed by atoms with Crippen LogP contribution < -0.4 is 4.74 Å². The van der Waals surface area contributed by atoms with E-state index in [1.54, 1.807) is 14.0 Å². The number of likely N-dealkylation sites (N-methyl/N-ethyl adjacent to an activating group) is 1. The maximum Gasteiger partial charge on any atom is 0.263 e. The van der Waals surface area contributed by atoms with Gasteiger partial charge in [0.2, 0.25) is 11.7 Å². The van der Waals surface area contributed by atoms with Gasteiger partial charge in [0, 0.05) is 12.1 Å². The Kier molecular flexibility index (Phi) is 5.82. The number of rotatable bonds is 6. The molecule has 0 radical (unpaired) electrons. The Balaban J connectivity index is 1.63. The van der Waals surface area contributed by atoms with Crippen molar-refractivity contribution < 1.29 is 14.1 Å². The van der Waals surface area contributed by atoms with Crippen LogP contribution >= 0.6 is 22.9 Å². The highest BCUT2D eigenvalue weighted by atomic mass is 35.5. The number of nitrogens with zero attached hydrogens (tertiary/aromatic N) is 3. The number of aromatic nitrogens is 2. The van der Waals surface area contributed by atoms with E-state index in [0.29, 0.717) is 22.5 Å². The molecule has 6 nitrogen and oxygen atoms in total. The Bertz CT molecular complexity index is 917. The highest BCUT2D eigenvalue weighted by Crippen LogP contribution is 2.27. The Morgan fingerprint density at radius 2 is 2.07 bits per heavy atom. The number of benzene rings is 1. The molecule has 0 N–H and O–H groups in total. The van der Waals surface area contributed by atoms with Crippen LogP contribution in [0, 0.1) is 13.8 Å². The number of aryl methyl sites for hydroxylation is 2. The molecule has 1 atom stereocenters. The molecule has 27 heavy (non-hydrogen) atoms. The Hall–Kier alpha value is -2.38. The normalized spacial score (nSPS) is 12.0. The molecule has 0 aliphatic rings. The number of ether oxygens (including phenoxy) is 1. The second kappa shape index (κ2) is 8.10. The van der Waals surface area contributed by atoms with E-state index in [1.165, 1.54) is 16.2 Å². The lowest BCUT2D eigenvalue weighted by atomic mass is 10.1. The van der Waals surface area contributed by atoms with Gasteiger partial charge in [0.25, 0.3) is 5.91 Å². The van der Waals surface area contributed by atoms with Gasteiger partial charge in [-0.1, -0.05) is 22.8 Å². The van der Waals surface area contributed by atoms with Crippen LogP contribution in [-0.4, -0.2) is 34.1 Å². The quantitative estimate of drug-likeness (QED) is 0.604. The van der Waals surface area contributed by atoms with Crippen LogP contribution in [0.5, 0.6) is 5.75 Å². The van der Waals surface area contributed by atoms with Crippen molar-refractivity contribution in [3.05, 3.63) is 51.7 Å². The Labute approximate surface area is 166 Å². The van der Waals surface area contributed by atoms with Crippen molar-refractivity contribution in [3.8, 4) is 16.5 Å². The van der Waals surface area contributed by atoms with E-state index in [4.69, 9.17) is 20.9 Å². The van der Waals surface area contributed by atoms with Gasteiger partial charge in [0.15, 0.2) is 6.10 Å². The lowest BCUT2D eigenvalue weighted by Gasteiger charge is -2.21. The van der Waals surface area contributed by atoms with Gasteiger partial charge in [-0.3, -0.25) is 4.79 Å². The third kappa shape index (κ3) is 4.48. The lowest BCUT2D eigenvalue weighted by Crippen LogP contribution is -2.37. The van der Waals surface area contributed by atoms with Gasteiger partial charge in [-0.2, -0.15) is 4.98 Å². The molecule has 1 amide bonds. The first kappa shape index (κ1) is 19.4. The van der Waals surface area contributed by atoms with Crippen LogP contribution in [0.2, 0.25) is 5.02 Å². The summed E-state index contributed by atoms with van der Waals surface area (Å²) in [4.78, 5) is 19.4. The number of hydrogen-bond donors (Lipinski definition) is 0. The summed E-state index contributed by atoms with van der Waals surface area (Å²) in [6, 6.07) is 7.49. The minimum Gasteiger partial charge on any atom is -0.481 e. The fourth-order valence-corrected chi connectivity index (χ4v) is 3.40.